The lowest BCUT2D eigenvalue weighted by molar-refractivity contribution is 0.0783. The normalized spacial score (nSPS) is 19.3. The number of nitrogens with zero attached hydrogens (tertiary/aromatic N) is 2. The van der Waals surface area contributed by atoms with Gasteiger partial charge < -0.3 is 10.0 Å². The summed E-state index contributed by atoms with van der Waals surface area (Å²) < 4.78 is 0. The van der Waals surface area contributed by atoms with E-state index < -0.39 is 0 Å². The minimum absolute atomic E-state index is 0.0699. The van der Waals surface area contributed by atoms with Crippen LogP contribution in [0.25, 0.3) is 0 Å². The quantitative estimate of drug-likeness (QED) is 0.883. The van der Waals surface area contributed by atoms with Gasteiger partial charge in [0, 0.05) is 25.4 Å². The van der Waals surface area contributed by atoms with Gasteiger partial charge in [-0.2, -0.15) is 0 Å². The number of aliphatic hydroxyl groups excluding tert-OH is 1. The summed E-state index contributed by atoms with van der Waals surface area (Å²) in [5.41, 5.74) is 2.43. The fourth-order valence-corrected chi connectivity index (χ4v) is 2.52. The molecular formula is C14H20N2O2. The molecule has 0 bridgehead atoms. The van der Waals surface area contributed by atoms with E-state index in [1.165, 1.54) is 0 Å². The van der Waals surface area contributed by atoms with Crippen molar-refractivity contribution in [2.24, 2.45) is 5.92 Å². The van der Waals surface area contributed by atoms with E-state index in [1.807, 2.05) is 30.9 Å². The Kier molecular flexibility index (Phi) is 3.97. The first kappa shape index (κ1) is 13.0. The van der Waals surface area contributed by atoms with Crippen LogP contribution in [0.15, 0.2) is 12.1 Å². The van der Waals surface area contributed by atoms with Crippen LogP contribution >= 0.6 is 0 Å². The highest BCUT2D eigenvalue weighted by molar-refractivity contribution is 5.95. The topological polar surface area (TPSA) is 53.4 Å². The Morgan fingerprint density at radius 3 is 2.94 bits per heavy atom. The van der Waals surface area contributed by atoms with Crippen LogP contribution in [0.1, 0.15) is 34.6 Å². The second-order valence-electron chi connectivity index (χ2n) is 5.00. The first-order valence-electron chi connectivity index (χ1n) is 6.46. The third-order valence-electron chi connectivity index (χ3n) is 3.57. The molecule has 2 rings (SSSR count). The predicted molar refractivity (Wildman–Crippen MR) is 69.4 cm³/mol. The summed E-state index contributed by atoms with van der Waals surface area (Å²) >= 11 is 0. The number of carbonyl (C=O) groups is 1. The highest BCUT2D eigenvalue weighted by Gasteiger charge is 2.27. The van der Waals surface area contributed by atoms with Gasteiger partial charge in [-0.3, -0.25) is 9.78 Å². The van der Waals surface area contributed by atoms with Gasteiger partial charge in [0.2, 0.25) is 0 Å². The zero-order valence-electron chi connectivity index (χ0n) is 11.0. The third-order valence-corrected chi connectivity index (χ3v) is 3.57. The van der Waals surface area contributed by atoms with Gasteiger partial charge >= 0.3 is 0 Å². The molecular weight excluding hydrogens is 228 g/mol. The van der Waals surface area contributed by atoms with E-state index in [-0.39, 0.29) is 12.5 Å². The second-order valence-corrected chi connectivity index (χ2v) is 5.00. The lowest BCUT2D eigenvalue weighted by Gasteiger charge is -2.17. The van der Waals surface area contributed by atoms with Gasteiger partial charge in [0.1, 0.15) is 0 Å². The summed E-state index contributed by atoms with van der Waals surface area (Å²) in [4.78, 5) is 18.6. The first-order valence-corrected chi connectivity index (χ1v) is 6.46. The molecule has 1 fully saturated rings. The number of aliphatic hydroxyl groups is 1. The summed E-state index contributed by atoms with van der Waals surface area (Å²) in [5, 5.41) is 8.93. The summed E-state index contributed by atoms with van der Waals surface area (Å²) in [7, 11) is 0. The highest BCUT2D eigenvalue weighted by atomic mass is 16.3. The lowest BCUT2D eigenvalue weighted by atomic mass is 10.1. The largest absolute Gasteiger partial charge is 0.396 e. The summed E-state index contributed by atoms with van der Waals surface area (Å²) in [6.07, 6.45) is 1.78. The molecule has 1 atom stereocenters. The maximum absolute atomic E-state index is 12.4. The Morgan fingerprint density at radius 1 is 1.50 bits per heavy atom. The van der Waals surface area contributed by atoms with Crippen molar-refractivity contribution in [3.8, 4) is 0 Å². The Balaban J connectivity index is 2.08. The van der Waals surface area contributed by atoms with E-state index in [0.29, 0.717) is 11.5 Å². The lowest BCUT2D eigenvalue weighted by Crippen LogP contribution is -2.29. The van der Waals surface area contributed by atoms with Crippen LogP contribution in [0.2, 0.25) is 0 Å². The molecule has 0 radical (unpaired) electrons. The van der Waals surface area contributed by atoms with Gasteiger partial charge in [-0.1, -0.05) is 0 Å². The van der Waals surface area contributed by atoms with E-state index in [0.717, 1.165) is 37.3 Å². The molecule has 1 aliphatic rings. The molecule has 2 heterocycles. The number of pyridine rings is 1. The molecule has 1 aliphatic heterocycles. The third kappa shape index (κ3) is 2.70. The second kappa shape index (κ2) is 5.48. The van der Waals surface area contributed by atoms with Crippen LogP contribution in [0.3, 0.4) is 0 Å². The number of rotatable bonds is 3. The number of hydrogen-bond acceptors (Lipinski definition) is 3. The Hall–Kier alpha value is -1.42. The van der Waals surface area contributed by atoms with Crippen molar-refractivity contribution in [2.45, 2.75) is 26.7 Å². The van der Waals surface area contributed by atoms with Crippen molar-refractivity contribution in [3.05, 3.63) is 29.1 Å². The van der Waals surface area contributed by atoms with E-state index in [4.69, 9.17) is 5.11 Å². The van der Waals surface area contributed by atoms with Crippen LogP contribution in [0, 0.1) is 19.8 Å². The predicted octanol–water partition coefficient (Wildman–Crippen LogP) is 1.54. The number of hydrogen-bond donors (Lipinski definition) is 1. The Morgan fingerprint density at radius 2 is 2.28 bits per heavy atom. The van der Waals surface area contributed by atoms with E-state index in [9.17, 15) is 4.79 Å². The van der Waals surface area contributed by atoms with Crippen molar-refractivity contribution in [1.29, 1.82) is 0 Å². The minimum Gasteiger partial charge on any atom is -0.396 e. The standard InChI is InChI=1S/C14H20N2O2/c1-10-3-4-13(11(2)15-10)14(18)16-7-5-12(9-16)6-8-17/h3-4,12,17H,5-9H2,1-2H3. The maximum atomic E-state index is 12.4. The zero-order chi connectivity index (χ0) is 13.1. The van der Waals surface area contributed by atoms with Crippen LogP contribution in [-0.2, 0) is 0 Å². The summed E-state index contributed by atoms with van der Waals surface area (Å²) in [6.45, 7) is 5.55. The first-order chi connectivity index (χ1) is 8.61. The van der Waals surface area contributed by atoms with E-state index >= 15 is 0 Å². The van der Waals surface area contributed by atoms with Gasteiger partial charge in [-0.05, 0) is 44.7 Å². The average molecular weight is 248 g/mol. The fourth-order valence-electron chi connectivity index (χ4n) is 2.52. The average Bonchev–Trinajstić information content (AvgIpc) is 2.77. The van der Waals surface area contributed by atoms with E-state index in [1.54, 1.807) is 0 Å². The molecule has 0 aromatic carbocycles. The molecule has 0 saturated carbocycles. The van der Waals surface area contributed by atoms with Gasteiger partial charge in [-0.25, -0.2) is 0 Å². The maximum Gasteiger partial charge on any atom is 0.255 e. The zero-order valence-corrected chi connectivity index (χ0v) is 11.0. The number of likely N-dealkylation sites (tertiary alicyclic amines) is 1. The smallest absolute Gasteiger partial charge is 0.255 e. The van der Waals surface area contributed by atoms with Gasteiger partial charge in [0.05, 0.1) is 11.3 Å². The molecule has 98 valence electrons. The van der Waals surface area contributed by atoms with Crippen LogP contribution in [0.4, 0.5) is 0 Å². The summed E-state index contributed by atoms with van der Waals surface area (Å²) in [5.74, 6) is 0.512. The Bertz CT molecular complexity index is 445. The van der Waals surface area contributed by atoms with E-state index in [2.05, 4.69) is 4.98 Å². The summed E-state index contributed by atoms with van der Waals surface area (Å²) in [6, 6.07) is 3.74. The van der Waals surface area contributed by atoms with Gasteiger partial charge in [0.25, 0.3) is 5.91 Å². The van der Waals surface area contributed by atoms with Crippen molar-refractivity contribution in [2.75, 3.05) is 19.7 Å². The Labute approximate surface area is 108 Å². The van der Waals surface area contributed by atoms with Crippen molar-refractivity contribution < 1.29 is 9.90 Å². The van der Waals surface area contributed by atoms with Crippen molar-refractivity contribution in [3.63, 3.8) is 0 Å². The molecule has 1 aromatic heterocycles. The van der Waals surface area contributed by atoms with Crippen LogP contribution in [-0.4, -0.2) is 40.6 Å². The molecule has 18 heavy (non-hydrogen) atoms. The molecule has 4 heteroatoms. The molecule has 1 unspecified atom stereocenters. The van der Waals surface area contributed by atoms with Crippen molar-refractivity contribution >= 4 is 5.91 Å². The highest BCUT2D eigenvalue weighted by Crippen LogP contribution is 2.21. The fraction of sp³-hybridized carbons (Fsp3) is 0.571. The van der Waals surface area contributed by atoms with Crippen molar-refractivity contribution in [1.82, 2.24) is 9.88 Å². The SMILES string of the molecule is Cc1ccc(C(=O)N2CCC(CCO)C2)c(C)n1. The molecule has 1 amide bonds. The molecule has 1 aromatic rings. The van der Waals surface area contributed by atoms with Gasteiger partial charge in [-0.15, -0.1) is 0 Å². The number of carbonyl (C=O) groups excluding carboxylic acids is 1. The monoisotopic (exact) mass is 248 g/mol. The molecule has 0 spiro atoms. The number of aryl methyl sites for hydroxylation is 2. The molecule has 4 nitrogen and oxygen atoms in total. The minimum atomic E-state index is 0.0699. The van der Waals surface area contributed by atoms with Crippen LogP contribution in [0.5, 0.6) is 0 Å². The number of aromatic nitrogens is 1. The van der Waals surface area contributed by atoms with Gasteiger partial charge in [0.15, 0.2) is 0 Å². The number of amides is 1. The molecule has 1 N–H and O–H groups in total. The molecule has 1 saturated heterocycles. The molecule has 0 aliphatic carbocycles. The van der Waals surface area contributed by atoms with Crippen LogP contribution < -0.4 is 0 Å².